The summed E-state index contributed by atoms with van der Waals surface area (Å²) < 4.78 is 75.8. The Morgan fingerprint density at radius 1 is 0.613 bits per heavy atom. The second-order valence-electron chi connectivity index (χ2n) is 6.26. The third kappa shape index (κ3) is 5.43. The van der Waals surface area contributed by atoms with Crippen molar-refractivity contribution in [2.75, 3.05) is 10.6 Å². The van der Waals surface area contributed by atoms with E-state index in [1.165, 1.54) is 10.8 Å². The molecule has 0 aliphatic carbocycles. The van der Waals surface area contributed by atoms with E-state index >= 15 is 0 Å². The molecule has 1 aromatic heterocycles. The number of alkyl halides is 6. The van der Waals surface area contributed by atoms with E-state index in [2.05, 4.69) is 10.6 Å². The largest absolute Gasteiger partial charge is 0.416 e. The van der Waals surface area contributed by atoms with Crippen LogP contribution in [-0.2, 0) is 12.4 Å². The Bertz CT molecular complexity index is 1000. The molecule has 0 unspecified atom stereocenters. The summed E-state index contributed by atoms with van der Waals surface area (Å²) in [5, 5.41) is 7.94. The van der Waals surface area contributed by atoms with Gasteiger partial charge >= 0.3 is 12.4 Å². The van der Waals surface area contributed by atoms with Crippen LogP contribution in [0.15, 0.2) is 59.3 Å². The number of benzene rings is 2. The van der Waals surface area contributed by atoms with Crippen LogP contribution in [0.3, 0.4) is 0 Å². The zero-order valence-corrected chi connectivity index (χ0v) is 16.1. The summed E-state index contributed by atoms with van der Waals surface area (Å²) in [7, 11) is 0. The van der Waals surface area contributed by atoms with Gasteiger partial charge in [-0.15, -0.1) is 11.3 Å². The number of carbonyl (C=O) groups excluding carboxylic acids is 2. The van der Waals surface area contributed by atoms with Crippen molar-refractivity contribution in [1.29, 1.82) is 0 Å². The predicted molar refractivity (Wildman–Crippen MR) is 103 cm³/mol. The zero-order valence-electron chi connectivity index (χ0n) is 15.3. The Balaban J connectivity index is 1.69. The van der Waals surface area contributed by atoms with E-state index < -0.39 is 35.3 Å². The fourth-order valence-corrected chi connectivity index (χ4v) is 3.21. The van der Waals surface area contributed by atoms with Gasteiger partial charge in [0.1, 0.15) is 0 Å². The Hall–Kier alpha value is -3.34. The van der Waals surface area contributed by atoms with Crippen molar-refractivity contribution in [1.82, 2.24) is 0 Å². The molecule has 0 fully saturated rings. The third-order valence-corrected chi connectivity index (χ3v) is 4.85. The van der Waals surface area contributed by atoms with E-state index in [4.69, 9.17) is 0 Å². The molecule has 0 saturated carbocycles. The first-order valence-electron chi connectivity index (χ1n) is 8.48. The number of nitrogens with one attached hydrogen (secondary N) is 2. The van der Waals surface area contributed by atoms with Crippen molar-refractivity contribution in [3.63, 3.8) is 0 Å². The number of thiophene rings is 1. The van der Waals surface area contributed by atoms with Gasteiger partial charge in [0.25, 0.3) is 11.8 Å². The van der Waals surface area contributed by atoms with Crippen LogP contribution in [0.4, 0.5) is 37.7 Å². The topological polar surface area (TPSA) is 58.2 Å². The normalized spacial score (nSPS) is 11.8. The summed E-state index contributed by atoms with van der Waals surface area (Å²) in [5.41, 5.74) is -1.48. The van der Waals surface area contributed by atoms with Gasteiger partial charge in [-0.2, -0.15) is 26.3 Å². The van der Waals surface area contributed by atoms with Gasteiger partial charge in [0.15, 0.2) is 0 Å². The van der Waals surface area contributed by atoms with Crippen LogP contribution < -0.4 is 10.6 Å². The van der Waals surface area contributed by atoms with Crippen molar-refractivity contribution >= 4 is 34.5 Å². The molecule has 0 bridgehead atoms. The number of hydrogen-bond acceptors (Lipinski definition) is 3. The number of hydrogen-bond donors (Lipinski definition) is 2. The molecule has 0 aliphatic rings. The second-order valence-corrected chi connectivity index (χ2v) is 7.00. The molecule has 2 aromatic carbocycles. The average molecular weight is 458 g/mol. The first-order valence-corrected chi connectivity index (χ1v) is 9.43. The first-order chi connectivity index (χ1) is 14.4. The van der Waals surface area contributed by atoms with Gasteiger partial charge in [-0.3, -0.25) is 9.59 Å². The maximum Gasteiger partial charge on any atom is 0.416 e. The van der Waals surface area contributed by atoms with E-state index in [9.17, 15) is 35.9 Å². The molecule has 11 heteroatoms. The van der Waals surface area contributed by atoms with Gasteiger partial charge in [-0.25, -0.2) is 0 Å². The second kappa shape index (κ2) is 8.42. The van der Waals surface area contributed by atoms with Crippen LogP contribution in [0.25, 0.3) is 0 Å². The smallest absolute Gasteiger partial charge is 0.319 e. The molecule has 1 heterocycles. The van der Waals surface area contributed by atoms with Crippen molar-refractivity contribution in [2.45, 2.75) is 12.4 Å². The van der Waals surface area contributed by atoms with Crippen molar-refractivity contribution in [3.8, 4) is 0 Å². The quantitative estimate of drug-likeness (QED) is 0.452. The minimum atomic E-state index is -4.53. The van der Waals surface area contributed by atoms with Gasteiger partial charge < -0.3 is 10.6 Å². The van der Waals surface area contributed by atoms with Gasteiger partial charge in [0.2, 0.25) is 0 Å². The van der Waals surface area contributed by atoms with Crippen LogP contribution in [0, 0.1) is 0 Å². The van der Waals surface area contributed by atoms with Gasteiger partial charge in [0.05, 0.1) is 22.5 Å². The molecule has 2 N–H and O–H groups in total. The molecule has 0 spiro atoms. The molecule has 31 heavy (non-hydrogen) atoms. The molecule has 3 rings (SSSR count). The van der Waals surface area contributed by atoms with Gasteiger partial charge in [-0.05, 0) is 48.5 Å². The molecule has 0 saturated heterocycles. The minimum Gasteiger partial charge on any atom is -0.319 e. The molecule has 0 atom stereocenters. The Labute approximate surface area is 175 Å². The molecule has 2 amide bonds. The maximum absolute atomic E-state index is 12.6. The zero-order chi connectivity index (χ0) is 22.8. The Kier molecular flexibility index (Phi) is 6.07. The Morgan fingerprint density at radius 2 is 0.935 bits per heavy atom. The third-order valence-electron chi connectivity index (χ3n) is 4.11. The fourth-order valence-electron chi connectivity index (χ4n) is 2.50. The fraction of sp³-hybridized carbons (Fsp3) is 0.100. The van der Waals surface area contributed by atoms with Crippen LogP contribution in [-0.4, -0.2) is 11.8 Å². The summed E-state index contributed by atoms with van der Waals surface area (Å²) in [5.74, 6) is -1.39. The number of anilines is 2. The van der Waals surface area contributed by atoms with E-state index in [0.717, 1.165) is 59.9 Å². The molecule has 3 aromatic rings. The van der Waals surface area contributed by atoms with Crippen LogP contribution in [0.1, 0.15) is 31.8 Å². The maximum atomic E-state index is 12.6. The first kappa shape index (κ1) is 22.3. The van der Waals surface area contributed by atoms with Crippen LogP contribution in [0.2, 0.25) is 0 Å². The highest BCUT2D eigenvalue weighted by atomic mass is 32.1. The van der Waals surface area contributed by atoms with Gasteiger partial charge in [0, 0.05) is 21.9 Å². The van der Waals surface area contributed by atoms with E-state index in [-0.39, 0.29) is 22.5 Å². The molecule has 4 nitrogen and oxygen atoms in total. The van der Waals surface area contributed by atoms with Gasteiger partial charge in [-0.1, -0.05) is 0 Å². The molecular formula is C20H12F6N2O2S. The lowest BCUT2D eigenvalue weighted by Gasteiger charge is -2.10. The SMILES string of the molecule is O=C(Nc1cscc1NC(=O)c1ccc(C(F)(F)F)cc1)c1ccc(C(F)(F)F)cc1. The summed E-state index contributed by atoms with van der Waals surface area (Å²) >= 11 is 1.13. The predicted octanol–water partition coefficient (Wildman–Crippen LogP) is 6.29. The summed E-state index contributed by atoms with van der Waals surface area (Å²) in [6, 6.07) is 7.17. The highest BCUT2D eigenvalue weighted by Gasteiger charge is 2.31. The molecule has 162 valence electrons. The molecule has 0 aliphatic heterocycles. The lowest BCUT2D eigenvalue weighted by Crippen LogP contribution is -2.16. The van der Waals surface area contributed by atoms with Crippen molar-refractivity contribution in [2.24, 2.45) is 0 Å². The number of amides is 2. The summed E-state index contributed by atoms with van der Waals surface area (Å²) in [6.45, 7) is 0. The standard InChI is InChI=1S/C20H12F6N2O2S/c21-19(22,23)13-5-1-11(2-6-13)17(29)27-15-9-31-10-16(15)28-18(30)12-3-7-14(8-4-12)20(24,25)26/h1-10H,(H,27,29)(H,28,30). The monoisotopic (exact) mass is 458 g/mol. The number of rotatable bonds is 4. The van der Waals surface area contributed by atoms with Crippen molar-refractivity contribution in [3.05, 3.63) is 81.5 Å². The van der Waals surface area contributed by atoms with Crippen LogP contribution in [0.5, 0.6) is 0 Å². The van der Waals surface area contributed by atoms with Crippen molar-refractivity contribution < 1.29 is 35.9 Å². The molecular weight excluding hydrogens is 446 g/mol. The minimum absolute atomic E-state index is 0.0285. The summed E-state index contributed by atoms with van der Waals surface area (Å²) in [6.07, 6.45) is -9.06. The highest BCUT2D eigenvalue weighted by Crippen LogP contribution is 2.31. The average Bonchev–Trinajstić information content (AvgIpc) is 3.13. The number of halogens is 6. The number of carbonyl (C=O) groups is 2. The van der Waals surface area contributed by atoms with Crippen LogP contribution >= 0.6 is 11.3 Å². The lowest BCUT2D eigenvalue weighted by molar-refractivity contribution is -0.138. The Morgan fingerprint density at radius 3 is 1.23 bits per heavy atom. The van der Waals surface area contributed by atoms with E-state index in [1.807, 2.05) is 0 Å². The van der Waals surface area contributed by atoms with E-state index in [1.54, 1.807) is 0 Å². The summed E-state index contributed by atoms with van der Waals surface area (Å²) in [4.78, 5) is 24.6. The molecule has 0 radical (unpaired) electrons. The van der Waals surface area contributed by atoms with E-state index in [0.29, 0.717) is 0 Å². The highest BCUT2D eigenvalue weighted by molar-refractivity contribution is 7.09. The lowest BCUT2D eigenvalue weighted by atomic mass is 10.1.